The summed E-state index contributed by atoms with van der Waals surface area (Å²) < 4.78 is 62.8. The molecule has 0 N–H and O–H groups in total. The van der Waals surface area contributed by atoms with E-state index < -0.39 is 78.7 Å². The van der Waals surface area contributed by atoms with E-state index in [4.69, 9.17) is 27.6 Å². The first-order chi connectivity index (χ1) is 22.5. The average Bonchev–Trinajstić information content (AvgIpc) is 3.27. The lowest BCUT2D eigenvalue weighted by molar-refractivity contribution is -0.212. The van der Waals surface area contributed by atoms with Crippen LogP contribution in [-0.2, 0) is 52.1 Å². The molecular formula is C35H42O11SSi. The van der Waals surface area contributed by atoms with Gasteiger partial charge >= 0.3 is 17.9 Å². The summed E-state index contributed by atoms with van der Waals surface area (Å²) in [5.41, 5.74) is -1.12. The minimum Gasteiger partial charge on any atom is -0.455 e. The number of benzene rings is 3. The van der Waals surface area contributed by atoms with Crippen molar-refractivity contribution in [1.82, 2.24) is 0 Å². The second-order valence-electron chi connectivity index (χ2n) is 12.7. The minimum atomic E-state index is -4.40. The molecule has 1 fully saturated rings. The quantitative estimate of drug-likeness (QED) is 0.118. The van der Waals surface area contributed by atoms with Crippen LogP contribution in [0.1, 0.15) is 47.1 Å². The fourth-order valence-electron chi connectivity index (χ4n) is 5.94. The van der Waals surface area contributed by atoms with Crippen molar-refractivity contribution < 1.29 is 50.4 Å². The molecule has 1 saturated heterocycles. The van der Waals surface area contributed by atoms with Gasteiger partial charge in [0.05, 0.1) is 11.5 Å². The van der Waals surface area contributed by atoms with Crippen LogP contribution in [-0.4, -0.2) is 72.0 Å². The van der Waals surface area contributed by atoms with E-state index in [2.05, 4.69) is 0 Å². The first-order valence-electron chi connectivity index (χ1n) is 15.4. The van der Waals surface area contributed by atoms with E-state index in [0.717, 1.165) is 36.7 Å². The molecule has 1 heterocycles. The van der Waals surface area contributed by atoms with Crippen LogP contribution >= 0.6 is 0 Å². The van der Waals surface area contributed by atoms with E-state index in [1.165, 1.54) is 12.1 Å². The van der Waals surface area contributed by atoms with Crippen LogP contribution in [0.5, 0.6) is 0 Å². The number of carbonyl (C=O) groups excluding carboxylic acids is 3. The number of rotatable bonds is 12. The van der Waals surface area contributed by atoms with Crippen LogP contribution in [0.2, 0.25) is 5.04 Å². The van der Waals surface area contributed by atoms with Crippen molar-refractivity contribution in [2.75, 3.05) is 13.2 Å². The number of carbonyl (C=O) groups is 3. The van der Waals surface area contributed by atoms with Crippen LogP contribution in [0.15, 0.2) is 89.8 Å². The monoisotopic (exact) mass is 698 g/mol. The SMILES string of the molecule is CC(=O)OC1O[C@@](CO[Si](c2ccccc2)(c2ccccc2)C(C)(C)C)(COS(=O)(=O)c2ccc(C)cc2)[C@@H](OC(C)=O)[C@H]1OC(C)=O. The summed E-state index contributed by atoms with van der Waals surface area (Å²) in [5.74, 6) is -2.36. The van der Waals surface area contributed by atoms with Gasteiger partial charge in [-0.05, 0) is 34.5 Å². The number of esters is 3. The van der Waals surface area contributed by atoms with Crippen molar-refractivity contribution in [3.8, 4) is 0 Å². The summed E-state index contributed by atoms with van der Waals surface area (Å²) in [6.45, 7) is 10.2. The van der Waals surface area contributed by atoms with Crippen molar-refractivity contribution in [1.29, 1.82) is 0 Å². The number of hydrogen-bond donors (Lipinski definition) is 0. The van der Waals surface area contributed by atoms with Gasteiger partial charge in [-0.15, -0.1) is 0 Å². The van der Waals surface area contributed by atoms with E-state index in [1.54, 1.807) is 12.1 Å². The lowest BCUT2D eigenvalue weighted by atomic mass is 9.97. The molecule has 0 aliphatic carbocycles. The standard InChI is InChI=1S/C35H42O11SSi/c1-24-18-20-28(21-19-24)47(39,40)41-22-35(32(44-26(3)37)31(43-25(2)36)33(46-35)45-27(4)38)23-42-48(34(5,6)7,29-14-10-8-11-15-29)30-16-12-9-13-17-30/h8-21,31-33H,22-23H2,1-7H3/t31-,32+,33?,35-/m1/s1. The Kier molecular flexibility index (Phi) is 11.3. The molecule has 1 unspecified atom stereocenters. The molecule has 1 aliphatic rings. The van der Waals surface area contributed by atoms with Crippen LogP contribution < -0.4 is 10.4 Å². The lowest BCUT2D eigenvalue weighted by Gasteiger charge is -2.45. The lowest BCUT2D eigenvalue weighted by Crippen LogP contribution is -2.68. The van der Waals surface area contributed by atoms with Gasteiger partial charge in [0.25, 0.3) is 18.4 Å². The molecule has 3 aromatic rings. The van der Waals surface area contributed by atoms with E-state index in [0.29, 0.717) is 0 Å². The third kappa shape index (κ3) is 8.04. The largest absolute Gasteiger partial charge is 0.455 e. The Balaban J connectivity index is 1.90. The fraction of sp³-hybridized carbons (Fsp3) is 0.400. The molecule has 0 saturated carbocycles. The molecular weight excluding hydrogens is 657 g/mol. The Bertz CT molecular complexity index is 1650. The molecule has 1 aliphatic heterocycles. The third-order valence-corrected chi connectivity index (χ3v) is 14.3. The van der Waals surface area contributed by atoms with Crippen LogP contribution in [0.25, 0.3) is 0 Å². The van der Waals surface area contributed by atoms with E-state index in [-0.39, 0.29) is 4.90 Å². The Morgan fingerprint density at radius 1 is 0.750 bits per heavy atom. The third-order valence-electron chi connectivity index (χ3n) is 8.03. The summed E-state index contributed by atoms with van der Waals surface area (Å²) >= 11 is 0. The average molecular weight is 699 g/mol. The Labute approximate surface area is 282 Å². The first kappa shape index (κ1) is 36.9. The zero-order valence-corrected chi connectivity index (χ0v) is 29.9. The molecule has 0 spiro atoms. The summed E-state index contributed by atoms with van der Waals surface area (Å²) in [4.78, 5) is 37.0. The zero-order valence-electron chi connectivity index (χ0n) is 28.1. The summed E-state index contributed by atoms with van der Waals surface area (Å²) in [7, 11) is -7.73. The van der Waals surface area contributed by atoms with Crippen molar-refractivity contribution in [2.24, 2.45) is 0 Å². The van der Waals surface area contributed by atoms with Crippen LogP contribution in [0, 0.1) is 6.92 Å². The first-order valence-corrected chi connectivity index (χ1v) is 18.7. The van der Waals surface area contributed by atoms with Crippen molar-refractivity contribution >= 4 is 46.7 Å². The van der Waals surface area contributed by atoms with Gasteiger partial charge in [-0.25, -0.2) is 0 Å². The molecule has 4 rings (SSSR count). The molecule has 11 nitrogen and oxygen atoms in total. The van der Waals surface area contributed by atoms with Crippen molar-refractivity contribution in [3.05, 3.63) is 90.5 Å². The fourth-order valence-corrected chi connectivity index (χ4v) is 11.5. The van der Waals surface area contributed by atoms with Gasteiger partial charge in [-0.2, -0.15) is 8.42 Å². The maximum Gasteiger partial charge on any atom is 0.305 e. The van der Waals surface area contributed by atoms with Gasteiger partial charge in [0.1, 0.15) is 6.61 Å². The summed E-state index contributed by atoms with van der Waals surface area (Å²) in [5, 5.41) is 1.29. The molecule has 0 radical (unpaired) electrons. The Morgan fingerprint density at radius 2 is 1.25 bits per heavy atom. The van der Waals surface area contributed by atoms with E-state index >= 15 is 0 Å². The van der Waals surface area contributed by atoms with E-state index in [1.807, 2.05) is 88.4 Å². The zero-order chi connectivity index (χ0) is 35.3. The number of hydrogen-bond acceptors (Lipinski definition) is 11. The van der Waals surface area contributed by atoms with Gasteiger partial charge in [-0.1, -0.05) is 99.1 Å². The highest BCUT2D eigenvalue weighted by Gasteiger charge is 2.63. The van der Waals surface area contributed by atoms with Gasteiger partial charge < -0.3 is 23.4 Å². The molecule has 4 atom stereocenters. The molecule has 0 aromatic heterocycles. The van der Waals surface area contributed by atoms with E-state index in [9.17, 15) is 22.8 Å². The highest BCUT2D eigenvalue weighted by molar-refractivity contribution is 7.86. The molecule has 0 amide bonds. The topological polar surface area (TPSA) is 141 Å². The molecule has 3 aromatic carbocycles. The molecule has 13 heteroatoms. The van der Waals surface area contributed by atoms with Crippen LogP contribution in [0.3, 0.4) is 0 Å². The summed E-state index contributed by atoms with van der Waals surface area (Å²) in [6, 6.07) is 25.3. The van der Waals surface area contributed by atoms with Gasteiger partial charge in [0, 0.05) is 20.8 Å². The van der Waals surface area contributed by atoms with Gasteiger partial charge in [0.15, 0.2) is 11.7 Å². The van der Waals surface area contributed by atoms with Crippen molar-refractivity contribution in [3.63, 3.8) is 0 Å². The Morgan fingerprint density at radius 3 is 1.71 bits per heavy atom. The van der Waals surface area contributed by atoms with Gasteiger partial charge in [0.2, 0.25) is 12.4 Å². The van der Waals surface area contributed by atoms with Crippen LogP contribution in [0.4, 0.5) is 0 Å². The molecule has 0 bridgehead atoms. The minimum absolute atomic E-state index is 0.119. The normalized spacial score (nSPS) is 21.4. The Hall–Kier alpha value is -3.88. The summed E-state index contributed by atoms with van der Waals surface area (Å²) in [6.07, 6.45) is -4.59. The second kappa shape index (κ2) is 14.7. The number of aryl methyl sites for hydroxylation is 1. The van der Waals surface area contributed by atoms with Gasteiger partial charge in [-0.3, -0.25) is 18.6 Å². The maximum absolute atomic E-state index is 13.5. The highest BCUT2D eigenvalue weighted by Crippen LogP contribution is 2.42. The predicted octanol–water partition coefficient (Wildman–Crippen LogP) is 3.80. The molecule has 258 valence electrons. The van der Waals surface area contributed by atoms with Crippen molar-refractivity contribution in [2.45, 2.75) is 82.5 Å². The maximum atomic E-state index is 13.5. The molecule has 48 heavy (non-hydrogen) atoms. The second-order valence-corrected chi connectivity index (χ2v) is 18.7. The predicted molar refractivity (Wildman–Crippen MR) is 178 cm³/mol. The smallest absolute Gasteiger partial charge is 0.305 e. The highest BCUT2D eigenvalue weighted by atomic mass is 32.2. The number of ether oxygens (including phenoxy) is 4.